The number of anilines is 1. The average Bonchev–Trinajstić information content (AvgIpc) is 3.04. The summed E-state index contributed by atoms with van der Waals surface area (Å²) in [6.45, 7) is 6.42. The highest BCUT2D eigenvalue weighted by Gasteiger charge is 2.35. The van der Waals surface area contributed by atoms with Crippen LogP contribution < -0.4 is 20.3 Å². The van der Waals surface area contributed by atoms with Crippen molar-refractivity contribution in [2.45, 2.75) is 51.9 Å². The molecule has 0 unspecified atom stereocenters. The number of ether oxygens (including phenoxy) is 2. The van der Waals surface area contributed by atoms with E-state index in [1.54, 1.807) is 39.8 Å². The van der Waals surface area contributed by atoms with Crippen LogP contribution in [0.5, 0.6) is 5.75 Å². The van der Waals surface area contributed by atoms with Crippen LogP contribution in [-0.2, 0) is 25.7 Å². The van der Waals surface area contributed by atoms with E-state index in [1.807, 2.05) is 36.4 Å². The van der Waals surface area contributed by atoms with Gasteiger partial charge in [0.15, 0.2) is 5.75 Å². The molecule has 0 bridgehead atoms. The normalized spacial score (nSPS) is 15.9. The second-order valence-electron chi connectivity index (χ2n) is 10.7. The summed E-state index contributed by atoms with van der Waals surface area (Å²) in [5, 5.41) is 17.2. The van der Waals surface area contributed by atoms with E-state index in [9.17, 15) is 24.3 Å². The van der Waals surface area contributed by atoms with E-state index >= 15 is 0 Å². The number of carbonyl (C=O) groups is 4. The Morgan fingerprint density at radius 2 is 1.80 bits per heavy atom. The fourth-order valence-electron chi connectivity index (χ4n) is 4.51. The number of amides is 2. The third-order valence-corrected chi connectivity index (χ3v) is 7.14. The first-order chi connectivity index (χ1) is 19.4. The molecule has 0 fully saturated rings. The fourth-order valence-corrected chi connectivity index (χ4v) is 4.98. The third-order valence-electron chi connectivity index (χ3n) is 6.45. The lowest BCUT2D eigenvalue weighted by molar-refractivity contribution is -0.153. The van der Waals surface area contributed by atoms with Crippen LogP contribution in [0.3, 0.4) is 0 Å². The Morgan fingerprint density at radius 1 is 1.10 bits per heavy atom. The van der Waals surface area contributed by atoms with Crippen molar-refractivity contribution in [1.29, 1.82) is 0 Å². The van der Waals surface area contributed by atoms with Crippen LogP contribution in [-0.4, -0.2) is 59.7 Å². The first-order valence-corrected chi connectivity index (χ1v) is 13.9. The van der Waals surface area contributed by atoms with Crippen molar-refractivity contribution in [3.05, 3.63) is 70.2 Å². The van der Waals surface area contributed by atoms with E-state index in [0.29, 0.717) is 0 Å². The summed E-state index contributed by atoms with van der Waals surface area (Å²) in [5.41, 5.74) is 0.347. The Balaban J connectivity index is 1.61. The molecule has 216 valence electrons. The van der Waals surface area contributed by atoms with Gasteiger partial charge in [-0.1, -0.05) is 52.3 Å². The predicted octanol–water partition coefficient (Wildman–Crippen LogP) is 4.03. The van der Waals surface area contributed by atoms with Crippen LogP contribution in [0.2, 0.25) is 0 Å². The van der Waals surface area contributed by atoms with Gasteiger partial charge in [0.2, 0.25) is 5.91 Å². The molecule has 3 N–H and O–H groups in total. The van der Waals surface area contributed by atoms with Crippen LogP contribution in [0.15, 0.2) is 59.1 Å². The number of hydrogen-bond acceptors (Lipinski definition) is 7. The molecule has 1 aliphatic heterocycles. The standard InChI is InChI=1S/C30H32BrN3O7/c1-17(32-14-25(35)41-30(2,3)4)27(36)33-23-16-40-26-21(29(38)39)10-7-11-24(26)34(28(23)37)15-18-12-13-22(31)20-9-6-5-8-19(18)20/h5-13,17,23,32H,14-16H2,1-4H3,(H,33,36)(H,38,39)/t17-,23-/m0/s1. The number of rotatable bonds is 8. The Morgan fingerprint density at radius 3 is 2.49 bits per heavy atom. The molecule has 3 aromatic rings. The highest BCUT2D eigenvalue weighted by atomic mass is 79.9. The van der Waals surface area contributed by atoms with Gasteiger partial charge in [0.1, 0.15) is 23.8 Å². The molecule has 0 aromatic heterocycles. The quantitative estimate of drug-likeness (QED) is 0.319. The third kappa shape index (κ3) is 7.04. The van der Waals surface area contributed by atoms with E-state index in [0.717, 1.165) is 20.8 Å². The number of hydrogen-bond donors (Lipinski definition) is 3. The van der Waals surface area contributed by atoms with Gasteiger partial charge in [0.05, 0.1) is 24.8 Å². The van der Waals surface area contributed by atoms with Crippen molar-refractivity contribution >= 4 is 56.1 Å². The van der Waals surface area contributed by atoms with Gasteiger partial charge >= 0.3 is 11.9 Å². The zero-order chi connectivity index (χ0) is 29.9. The molecule has 0 aliphatic carbocycles. The maximum atomic E-state index is 14.0. The molecule has 0 spiro atoms. The number of carboxylic acid groups (broad SMARTS) is 1. The van der Waals surface area contributed by atoms with E-state index < -0.39 is 41.4 Å². The van der Waals surface area contributed by atoms with Crippen molar-refractivity contribution in [2.75, 3.05) is 18.1 Å². The summed E-state index contributed by atoms with van der Waals surface area (Å²) in [7, 11) is 0. The molecule has 0 radical (unpaired) electrons. The number of nitrogens with one attached hydrogen (secondary N) is 2. The minimum Gasteiger partial charge on any atom is -0.488 e. The van der Waals surface area contributed by atoms with Gasteiger partial charge in [-0.3, -0.25) is 19.7 Å². The predicted molar refractivity (Wildman–Crippen MR) is 157 cm³/mol. The number of fused-ring (bicyclic) bond motifs is 2. The Bertz CT molecular complexity index is 1500. The lowest BCUT2D eigenvalue weighted by atomic mass is 10.0. The lowest BCUT2D eigenvalue weighted by Gasteiger charge is -2.26. The second-order valence-corrected chi connectivity index (χ2v) is 11.6. The van der Waals surface area contributed by atoms with Crippen molar-refractivity contribution in [3.8, 4) is 5.75 Å². The van der Waals surface area contributed by atoms with E-state index in [-0.39, 0.29) is 36.7 Å². The number of carbonyl (C=O) groups excluding carboxylic acids is 3. The van der Waals surface area contributed by atoms with Crippen LogP contribution >= 0.6 is 15.9 Å². The molecule has 10 nitrogen and oxygen atoms in total. The molecular weight excluding hydrogens is 594 g/mol. The summed E-state index contributed by atoms with van der Waals surface area (Å²) < 4.78 is 12.0. The molecule has 1 aliphatic rings. The number of halogens is 1. The number of aromatic carboxylic acids is 1. The maximum absolute atomic E-state index is 14.0. The smallest absolute Gasteiger partial charge is 0.339 e. The summed E-state index contributed by atoms with van der Waals surface area (Å²) in [6, 6.07) is 14.1. The summed E-state index contributed by atoms with van der Waals surface area (Å²) in [6.07, 6.45) is 0. The molecule has 11 heteroatoms. The van der Waals surface area contributed by atoms with Crippen molar-refractivity contribution in [3.63, 3.8) is 0 Å². The van der Waals surface area contributed by atoms with E-state index in [4.69, 9.17) is 9.47 Å². The maximum Gasteiger partial charge on any atom is 0.339 e. The summed E-state index contributed by atoms with van der Waals surface area (Å²) in [4.78, 5) is 52.5. The number of nitrogens with zero attached hydrogens (tertiary/aromatic N) is 1. The Labute approximate surface area is 246 Å². The monoisotopic (exact) mass is 625 g/mol. The topological polar surface area (TPSA) is 134 Å². The average molecular weight is 627 g/mol. The first kappa shape index (κ1) is 30.0. The Kier molecular flexibility index (Phi) is 8.98. The fraction of sp³-hybridized carbons (Fsp3) is 0.333. The molecule has 0 saturated heterocycles. The molecule has 2 amide bonds. The van der Waals surface area contributed by atoms with Crippen molar-refractivity contribution in [2.24, 2.45) is 0 Å². The highest BCUT2D eigenvalue weighted by Crippen LogP contribution is 2.37. The Hall–Kier alpha value is -3.96. The van der Waals surface area contributed by atoms with Gasteiger partial charge in [-0.2, -0.15) is 0 Å². The minimum absolute atomic E-state index is 0.0441. The number of benzene rings is 3. The molecule has 1 heterocycles. The molecule has 3 aromatic carbocycles. The highest BCUT2D eigenvalue weighted by molar-refractivity contribution is 9.10. The zero-order valence-electron chi connectivity index (χ0n) is 23.2. The van der Waals surface area contributed by atoms with E-state index in [2.05, 4.69) is 26.6 Å². The van der Waals surface area contributed by atoms with Gasteiger partial charge in [0, 0.05) is 4.47 Å². The number of carboxylic acids is 1. The van der Waals surface area contributed by atoms with Crippen molar-refractivity contribution in [1.82, 2.24) is 10.6 Å². The van der Waals surface area contributed by atoms with Crippen LogP contribution in [0, 0.1) is 0 Å². The number of para-hydroxylation sites is 1. The second kappa shape index (κ2) is 12.3. The molecule has 2 atom stereocenters. The first-order valence-electron chi connectivity index (χ1n) is 13.1. The van der Waals surface area contributed by atoms with Crippen molar-refractivity contribution < 1.29 is 33.8 Å². The number of esters is 1. The largest absolute Gasteiger partial charge is 0.488 e. The zero-order valence-corrected chi connectivity index (χ0v) is 24.8. The van der Waals surface area contributed by atoms with Gasteiger partial charge in [-0.15, -0.1) is 0 Å². The van der Waals surface area contributed by atoms with Crippen LogP contribution in [0.25, 0.3) is 10.8 Å². The summed E-state index contributed by atoms with van der Waals surface area (Å²) >= 11 is 3.57. The van der Waals surface area contributed by atoms with Gasteiger partial charge in [-0.05, 0) is 62.2 Å². The van der Waals surface area contributed by atoms with Crippen LogP contribution in [0.4, 0.5) is 5.69 Å². The lowest BCUT2D eigenvalue weighted by Crippen LogP contribution is -2.54. The van der Waals surface area contributed by atoms with Gasteiger partial charge in [-0.25, -0.2) is 4.79 Å². The molecule has 4 rings (SSSR count). The molecule has 0 saturated carbocycles. The molecular formula is C30H32BrN3O7. The minimum atomic E-state index is -1.20. The van der Waals surface area contributed by atoms with Crippen LogP contribution in [0.1, 0.15) is 43.6 Å². The molecule has 41 heavy (non-hydrogen) atoms. The van der Waals surface area contributed by atoms with Gasteiger partial charge in [0.25, 0.3) is 5.91 Å². The summed E-state index contributed by atoms with van der Waals surface area (Å²) in [5.74, 6) is -2.68. The van der Waals surface area contributed by atoms with Gasteiger partial charge < -0.3 is 24.8 Å². The van der Waals surface area contributed by atoms with E-state index in [1.165, 1.54) is 11.0 Å². The SMILES string of the molecule is C[C@H](NCC(=O)OC(C)(C)C)C(=O)N[C@H]1COc2c(C(=O)O)cccc2N(Cc2ccc(Br)c3ccccc23)C1=O.